The molecule has 0 aliphatic carbocycles. The van der Waals surface area contributed by atoms with Crippen molar-refractivity contribution in [1.29, 1.82) is 5.26 Å². The molecular weight excluding hydrogens is 494 g/mol. The first kappa shape index (κ1) is 25.7. The Kier molecular flexibility index (Phi) is 8.46. The lowest BCUT2D eigenvalue weighted by atomic mass is 10.2. The van der Waals surface area contributed by atoms with E-state index in [1.807, 2.05) is 17.7 Å². The number of carbonyl (C=O) groups excluding carboxylic acids is 2. The SMILES string of the molecule is CCCCOC(=O)Cc1nn(-c2ccccc2)c(NC(=O)NS(=O)(=O)c2ccc(Cl)cc2)c1C#N. The van der Waals surface area contributed by atoms with E-state index in [0.29, 0.717) is 17.1 Å². The fraction of sp³-hybridized carbons (Fsp3) is 0.217. The van der Waals surface area contributed by atoms with Crippen molar-refractivity contribution < 1.29 is 22.7 Å². The van der Waals surface area contributed by atoms with Crippen LogP contribution >= 0.6 is 11.6 Å². The average molecular weight is 516 g/mol. The van der Waals surface area contributed by atoms with E-state index in [4.69, 9.17) is 16.3 Å². The molecule has 10 nitrogen and oxygen atoms in total. The standard InChI is InChI=1S/C23H22ClN5O5S/c1-2-3-13-34-21(30)14-20-19(15-25)22(29(27-20)17-7-5-4-6-8-17)26-23(31)28-35(32,33)18-11-9-16(24)10-12-18/h4-12H,2-3,13-14H2,1H3,(H2,26,28,31). The third-order valence-corrected chi connectivity index (χ3v) is 6.32. The number of rotatable bonds is 9. The second-order valence-corrected chi connectivity index (χ2v) is 9.41. The number of carbonyl (C=O) groups is 2. The van der Waals surface area contributed by atoms with Crippen LogP contribution in [0.4, 0.5) is 10.6 Å². The number of halogens is 1. The molecule has 1 heterocycles. The van der Waals surface area contributed by atoms with Crippen LogP contribution in [0.1, 0.15) is 31.0 Å². The van der Waals surface area contributed by atoms with E-state index >= 15 is 0 Å². The number of nitrogens with one attached hydrogen (secondary N) is 2. The number of nitrogens with zero attached hydrogens (tertiary/aromatic N) is 3. The van der Waals surface area contributed by atoms with Gasteiger partial charge in [-0.05, 0) is 42.8 Å². The summed E-state index contributed by atoms with van der Waals surface area (Å²) in [5.74, 6) is -0.673. The van der Waals surface area contributed by atoms with Crippen LogP contribution in [-0.4, -0.2) is 36.8 Å². The van der Waals surface area contributed by atoms with Crippen molar-refractivity contribution >= 4 is 39.4 Å². The number of sulfonamides is 1. The fourth-order valence-corrected chi connectivity index (χ4v) is 4.06. The Morgan fingerprint density at radius 1 is 1.14 bits per heavy atom. The topological polar surface area (TPSA) is 143 Å². The number of aromatic nitrogens is 2. The maximum atomic E-state index is 12.7. The average Bonchev–Trinajstić information content (AvgIpc) is 3.16. The molecule has 0 atom stereocenters. The van der Waals surface area contributed by atoms with Crippen LogP contribution < -0.4 is 10.0 Å². The minimum Gasteiger partial charge on any atom is -0.465 e. The summed E-state index contributed by atoms with van der Waals surface area (Å²) in [6.45, 7) is 2.20. The number of para-hydroxylation sites is 1. The fourth-order valence-electron chi connectivity index (χ4n) is 3.02. The van der Waals surface area contributed by atoms with Gasteiger partial charge in [0.25, 0.3) is 10.0 Å². The van der Waals surface area contributed by atoms with E-state index in [2.05, 4.69) is 10.4 Å². The van der Waals surface area contributed by atoms with Gasteiger partial charge in [0.1, 0.15) is 11.6 Å². The third kappa shape index (κ3) is 6.59. The van der Waals surface area contributed by atoms with Crippen LogP contribution in [0.2, 0.25) is 5.02 Å². The lowest BCUT2D eigenvalue weighted by molar-refractivity contribution is -0.143. The lowest BCUT2D eigenvalue weighted by Gasteiger charge is -2.11. The number of unbranched alkanes of at least 4 members (excludes halogenated alkanes) is 1. The Hall–Kier alpha value is -3.88. The molecule has 0 aliphatic rings. The molecule has 2 amide bonds. The van der Waals surface area contributed by atoms with Gasteiger partial charge in [0.15, 0.2) is 5.82 Å². The lowest BCUT2D eigenvalue weighted by Crippen LogP contribution is -2.35. The van der Waals surface area contributed by atoms with Gasteiger partial charge in [-0.1, -0.05) is 43.1 Å². The molecule has 12 heteroatoms. The van der Waals surface area contributed by atoms with Crippen molar-refractivity contribution in [3.05, 3.63) is 70.9 Å². The molecule has 3 rings (SSSR count). The molecule has 0 spiro atoms. The quantitative estimate of drug-likeness (QED) is 0.326. The van der Waals surface area contributed by atoms with Gasteiger partial charge >= 0.3 is 12.0 Å². The highest BCUT2D eigenvalue weighted by atomic mass is 35.5. The van der Waals surface area contributed by atoms with Crippen LogP contribution in [-0.2, 0) is 26.0 Å². The summed E-state index contributed by atoms with van der Waals surface area (Å²) in [6.07, 6.45) is 1.25. The van der Waals surface area contributed by atoms with Crippen molar-refractivity contribution in [1.82, 2.24) is 14.5 Å². The Morgan fingerprint density at radius 3 is 2.46 bits per heavy atom. The first-order chi connectivity index (χ1) is 16.7. The molecule has 0 saturated heterocycles. The van der Waals surface area contributed by atoms with Crippen LogP contribution in [0.15, 0.2) is 59.5 Å². The number of benzene rings is 2. The van der Waals surface area contributed by atoms with Crippen LogP contribution in [0.3, 0.4) is 0 Å². The Bertz CT molecular complexity index is 1350. The first-order valence-electron chi connectivity index (χ1n) is 10.6. The molecule has 0 radical (unpaired) electrons. The van der Waals surface area contributed by atoms with E-state index in [0.717, 1.165) is 6.42 Å². The largest absolute Gasteiger partial charge is 0.465 e. The van der Waals surface area contributed by atoms with Crippen LogP contribution in [0.25, 0.3) is 5.69 Å². The molecule has 0 bridgehead atoms. The minimum absolute atomic E-state index is 0.0775. The number of amides is 2. The number of esters is 1. The third-order valence-electron chi connectivity index (χ3n) is 4.73. The molecule has 0 fully saturated rings. The van der Waals surface area contributed by atoms with Gasteiger partial charge in [0.2, 0.25) is 0 Å². The molecule has 35 heavy (non-hydrogen) atoms. The summed E-state index contributed by atoms with van der Waals surface area (Å²) in [5.41, 5.74) is 0.458. The van der Waals surface area contributed by atoms with E-state index < -0.39 is 22.0 Å². The summed E-state index contributed by atoms with van der Waals surface area (Å²) in [5, 5.41) is 16.8. The van der Waals surface area contributed by atoms with Gasteiger partial charge in [-0.25, -0.2) is 22.6 Å². The normalized spacial score (nSPS) is 10.9. The smallest absolute Gasteiger partial charge is 0.334 e. The van der Waals surface area contributed by atoms with Gasteiger partial charge < -0.3 is 4.74 Å². The first-order valence-corrected chi connectivity index (χ1v) is 12.4. The number of nitriles is 1. The molecule has 0 unspecified atom stereocenters. The van der Waals surface area contributed by atoms with Gasteiger partial charge in [-0.2, -0.15) is 10.4 Å². The number of anilines is 1. The molecule has 2 aromatic carbocycles. The predicted octanol–water partition coefficient (Wildman–Crippen LogP) is 3.79. The summed E-state index contributed by atoms with van der Waals surface area (Å²) in [7, 11) is -4.23. The maximum Gasteiger partial charge on any atom is 0.334 e. The molecule has 3 aromatic rings. The zero-order chi connectivity index (χ0) is 25.4. The molecule has 2 N–H and O–H groups in total. The highest BCUT2D eigenvalue weighted by Crippen LogP contribution is 2.24. The van der Waals surface area contributed by atoms with Crippen molar-refractivity contribution in [2.75, 3.05) is 11.9 Å². The highest BCUT2D eigenvalue weighted by molar-refractivity contribution is 7.90. The van der Waals surface area contributed by atoms with Crippen LogP contribution in [0, 0.1) is 11.3 Å². The predicted molar refractivity (Wildman–Crippen MR) is 129 cm³/mol. The van der Waals surface area contributed by atoms with E-state index in [1.54, 1.807) is 30.3 Å². The summed E-state index contributed by atoms with van der Waals surface area (Å²) in [4.78, 5) is 24.7. The van der Waals surface area contributed by atoms with Gasteiger partial charge in [0, 0.05) is 5.02 Å². The second kappa shape index (κ2) is 11.5. The van der Waals surface area contributed by atoms with Crippen molar-refractivity contribution in [3.63, 3.8) is 0 Å². The zero-order valence-corrected chi connectivity index (χ0v) is 20.3. The Balaban J connectivity index is 1.91. The van der Waals surface area contributed by atoms with E-state index in [1.165, 1.54) is 28.9 Å². The summed E-state index contributed by atoms with van der Waals surface area (Å²) >= 11 is 5.79. The second-order valence-electron chi connectivity index (χ2n) is 7.29. The van der Waals surface area contributed by atoms with Gasteiger partial charge in [-0.15, -0.1) is 0 Å². The van der Waals surface area contributed by atoms with Gasteiger partial charge in [0.05, 0.1) is 29.3 Å². The number of urea groups is 1. The minimum atomic E-state index is -4.23. The van der Waals surface area contributed by atoms with Gasteiger partial charge in [-0.3, -0.25) is 10.1 Å². The Labute approximate surface area is 207 Å². The van der Waals surface area contributed by atoms with Crippen molar-refractivity contribution in [3.8, 4) is 11.8 Å². The molecule has 182 valence electrons. The number of hydrogen-bond donors (Lipinski definition) is 2. The maximum absolute atomic E-state index is 12.7. The molecule has 0 aliphatic heterocycles. The van der Waals surface area contributed by atoms with E-state index in [-0.39, 0.29) is 35.0 Å². The van der Waals surface area contributed by atoms with Crippen LogP contribution in [0.5, 0.6) is 0 Å². The summed E-state index contributed by atoms with van der Waals surface area (Å²) in [6, 6.07) is 14.6. The molecular formula is C23H22ClN5O5S. The van der Waals surface area contributed by atoms with Crippen molar-refractivity contribution in [2.24, 2.45) is 0 Å². The molecule has 1 aromatic heterocycles. The zero-order valence-electron chi connectivity index (χ0n) is 18.7. The number of hydrogen-bond acceptors (Lipinski definition) is 7. The molecule has 0 saturated carbocycles. The Morgan fingerprint density at radius 2 is 1.83 bits per heavy atom. The monoisotopic (exact) mass is 515 g/mol. The highest BCUT2D eigenvalue weighted by Gasteiger charge is 2.25. The van der Waals surface area contributed by atoms with E-state index in [9.17, 15) is 23.3 Å². The number of ether oxygens (including phenoxy) is 1. The van der Waals surface area contributed by atoms with Crippen molar-refractivity contribution in [2.45, 2.75) is 31.1 Å². The summed E-state index contributed by atoms with van der Waals surface area (Å²) < 4.78 is 33.4.